The van der Waals surface area contributed by atoms with Gasteiger partial charge < -0.3 is 24.9 Å². The highest BCUT2D eigenvalue weighted by molar-refractivity contribution is 7.60. The van der Waals surface area contributed by atoms with Crippen molar-refractivity contribution >= 4 is 41.7 Å². The van der Waals surface area contributed by atoms with E-state index in [0.29, 0.717) is 5.56 Å². The number of benzene rings is 2. The van der Waals surface area contributed by atoms with Gasteiger partial charge >= 0.3 is 7.60 Å². The summed E-state index contributed by atoms with van der Waals surface area (Å²) in [5, 5.41) is 2.99. The van der Waals surface area contributed by atoms with Crippen molar-refractivity contribution in [2.45, 2.75) is 20.3 Å². The molecule has 0 saturated carbocycles. The summed E-state index contributed by atoms with van der Waals surface area (Å²) in [5.74, 6) is -0.961. The fraction of sp³-hybridized carbons (Fsp3) is 0.360. The van der Waals surface area contributed by atoms with Crippen LogP contribution < -0.4 is 15.5 Å². The van der Waals surface area contributed by atoms with Crippen LogP contribution in [0.1, 0.15) is 35.3 Å². The SMILES string of the molecule is CCc1c(P(=O)(O)O)ccc2c1C(=CNc1ccc(N3CCN(C)CC3)cc1)C(=O)N(CC)C2=O. The van der Waals surface area contributed by atoms with Gasteiger partial charge in [0.05, 0.1) is 10.9 Å². The maximum absolute atomic E-state index is 13.3. The molecule has 0 bridgehead atoms. The van der Waals surface area contributed by atoms with Crippen molar-refractivity contribution < 1.29 is 23.9 Å². The number of fused-ring (bicyclic) bond motifs is 1. The molecule has 0 aliphatic carbocycles. The van der Waals surface area contributed by atoms with Gasteiger partial charge in [-0.1, -0.05) is 6.92 Å². The van der Waals surface area contributed by atoms with Crippen molar-refractivity contribution in [3.63, 3.8) is 0 Å². The first kappa shape index (κ1) is 25.1. The minimum Gasteiger partial charge on any atom is -0.369 e. The van der Waals surface area contributed by atoms with Gasteiger partial charge in [0.25, 0.3) is 11.8 Å². The maximum Gasteiger partial charge on any atom is 0.356 e. The molecule has 35 heavy (non-hydrogen) atoms. The Kier molecular flexibility index (Phi) is 7.15. The molecule has 0 unspecified atom stereocenters. The van der Waals surface area contributed by atoms with E-state index in [-0.39, 0.29) is 35.0 Å². The topological polar surface area (TPSA) is 113 Å². The highest BCUT2D eigenvalue weighted by atomic mass is 31.2. The number of likely N-dealkylation sites (N-methyl/N-ethyl adjacent to an activating group) is 2. The Morgan fingerprint density at radius 3 is 2.20 bits per heavy atom. The monoisotopic (exact) mass is 498 g/mol. The second kappa shape index (κ2) is 9.95. The third-order valence-corrected chi connectivity index (χ3v) is 7.66. The Hall–Kier alpha value is -2.97. The molecule has 2 aromatic rings. The minimum absolute atomic E-state index is 0.160. The van der Waals surface area contributed by atoms with Gasteiger partial charge in [0.2, 0.25) is 0 Å². The lowest BCUT2D eigenvalue weighted by atomic mass is 9.88. The molecule has 4 rings (SSSR count). The largest absolute Gasteiger partial charge is 0.369 e. The van der Waals surface area contributed by atoms with E-state index in [4.69, 9.17) is 0 Å². The van der Waals surface area contributed by atoms with E-state index in [1.807, 2.05) is 24.3 Å². The number of imide groups is 1. The van der Waals surface area contributed by atoms with Crippen LogP contribution in [0.3, 0.4) is 0 Å². The lowest BCUT2D eigenvalue weighted by Gasteiger charge is -2.34. The Morgan fingerprint density at radius 1 is 0.971 bits per heavy atom. The van der Waals surface area contributed by atoms with Crippen LogP contribution in [0.4, 0.5) is 11.4 Å². The number of piperazine rings is 1. The smallest absolute Gasteiger partial charge is 0.356 e. The number of nitrogens with one attached hydrogen (secondary N) is 1. The van der Waals surface area contributed by atoms with E-state index in [0.717, 1.165) is 42.5 Å². The lowest BCUT2D eigenvalue weighted by Crippen LogP contribution is -2.44. The Labute approximate surface area is 205 Å². The standard InChI is InChI=1S/C25H31N4O5P/c1-4-19-22(35(32,33)34)11-10-20-23(19)21(25(31)29(5-2)24(20)30)16-26-17-6-8-18(9-7-17)28-14-12-27(3)13-15-28/h6-11,16,26H,4-5,12-15H2,1-3H3,(H2,32,33,34). The molecule has 10 heteroatoms. The first-order valence-corrected chi connectivity index (χ1v) is 13.4. The van der Waals surface area contributed by atoms with Gasteiger partial charge in [0.1, 0.15) is 0 Å². The van der Waals surface area contributed by atoms with Gasteiger partial charge in [-0.3, -0.25) is 19.1 Å². The van der Waals surface area contributed by atoms with Gasteiger partial charge in [-0.05, 0) is 62.4 Å². The first-order valence-electron chi connectivity index (χ1n) is 11.7. The van der Waals surface area contributed by atoms with Crippen molar-refractivity contribution in [2.75, 3.05) is 50.0 Å². The molecular weight excluding hydrogens is 467 g/mol. The molecule has 2 aromatic carbocycles. The quantitative estimate of drug-likeness (QED) is 0.316. The third-order valence-electron chi connectivity index (χ3n) is 6.61. The van der Waals surface area contributed by atoms with Crippen LogP contribution >= 0.6 is 7.60 Å². The fourth-order valence-electron chi connectivity index (χ4n) is 4.65. The first-order chi connectivity index (χ1) is 16.7. The van der Waals surface area contributed by atoms with Gasteiger partial charge in [-0.2, -0.15) is 0 Å². The summed E-state index contributed by atoms with van der Waals surface area (Å²) >= 11 is 0. The van der Waals surface area contributed by atoms with Crippen molar-refractivity contribution in [1.82, 2.24) is 9.80 Å². The lowest BCUT2D eigenvalue weighted by molar-refractivity contribution is -0.122. The summed E-state index contributed by atoms with van der Waals surface area (Å²) in [7, 11) is -2.48. The zero-order valence-corrected chi connectivity index (χ0v) is 21.1. The van der Waals surface area contributed by atoms with E-state index in [1.165, 1.54) is 18.3 Å². The molecule has 2 aliphatic heterocycles. The summed E-state index contributed by atoms with van der Waals surface area (Å²) in [5.41, 5.74) is 2.95. The molecule has 9 nitrogen and oxygen atoms in total. The molecule has 2 amide bonds. The Balaban J connectivity index is 1.70. The molecule has 0 atom stereocenters. The van der Waals surface area contributed by atoms with E-state index < -0.39 is 19.4 Å². The molecule has 0 radical (unpaired) electrons. The van der Waals surface area contributed by atoms with Crippen LogP contribution in [0.5, 0.6) is 0 Å². The van der Waals surface area contributed by atoms with E-state index in [2.05, 4.69) is 22.2 Å². The third kappa shape index (κ3) is 4.90. The van der Waals surface area contributed by atoms with Crippen LogP contribution in [0.2, 0.25) is 0 Å². The average molecular weight is 499 g/mol. The summed E-state index contributed by atoms with van der Waals surface area (Å²) in [6.45, 7) is 7.59. The second-order valence-corrected chi connectivity index (χ2v) is 10.3. The van der Waals surface area contributed by atoms with Crippen LogP contribution in [-0.2, 0) is 15.8 Å². The van der Waals surface area contributed by atoms with Crippen LogP contribution in [0.25, 0.3) is 5.57 Å². The van der Waals surface area contributed by atoms with Crippen molar-refractivity contribution in [3.8, 4) is 0 Å². The van der Waals surface area contributed by atoms with Crippen LogP contribution in [0.15, 0.2) is 42.6 Å². The number of hydrogen-bond donors (Lipinski definition) is 3. The van der Waals surface area contributed by atoms with Crippen molar-refractivity contribution in [1.29, 1.82) is 0 Å². The number of rotatable bonds is 6. The van der Waals surface area contributed by atoms with Gasteiger partial charge in [-0.25, -0.2) is 0 Å². The molecule has 186 valence electrons. The number of amides is 2. The van der Waals surface area contributed by atoms with E-state index >= 15 is 0 Å². The molecule has 3 N–H and O–H groups in total. The molecule has 2 aliphatic rings. The molecule has 2 heterocycles. The van der Waals surface area contributed by atoms with Crippen molar-refractivity contribution in [3.05, 3.63) is 59.3 Å². The highest BCUT2D eigenvalue weighted by Gasteiger charge is 2.37. The summed E-state index contributed by atoms with van der Waals surface area (Å²) in [6, 6.07) is 10.6. The predicted molar refractivity (Wildman–Crippen MR) is 137 cm³/mol. The fourth-order valence-corrected chi connectivity index (χ4v) is 5.54. The Morgan fingerprint density at radius 2 is 1.63 bits per heavy atom. The van der Waals surface area contributed by atoms with Gasteiger partial charge in [0, 0.05) is 61.4 Å². The van der Waals surface area contributed by atoms with Crippen LogP contribution in [0, 0.1) is 0 Å². The van der Waals surface area contributed by atoms with E-state index in [1.54, 1.807) is 13.8 Å². The molecule has 1 saturated heterocycles. The molecule has 0 aromatic heterocycles. The Bertz CT molecular complexity index is 1210. The number of carbonyl (C=O) groups excluding carboxylic acids is 2. The van der Waals surface area contributed by atoms with Gasteiger partial charge in [0.15, 0.2) is 0 Å². The maximum atomic E-state index is 13.3. The minimum atomic E-state index is -4.60. The normalized spacial score (nSPS) is 18.3. The zero-order chi connectivity index (χ0) is 25.3. The second-order valence-electron chi connectivity index (χ2n) is 8.78. The number of nitrogens with zero attached hydrogens (tertiary/aromatic N) is 3. The summed E-state index contributed by atoms with van der Waals surface area (Å²) in [4.78, 5) is 51.7. The van der Waals surface area contributed by atoms with Gasteiger partial charge in [-0.15, -0.1) is 0 Å². The summed E-state index contributed by atoms with van der Waals surface area (Å²) in [6.07, 6.45) is 1.79. The highest BCUT2D eigenvalue weighted by Crippen LogP contribution is 2.40. The molecule has 1 fully saturated rings. The number of anilines is 2. The summed E-state index contributed by atoms with van der Waals surface area (Å²) < 4.78 is 12.1. The molecular formula is C25H31N4O5P. The zero-order valence-electron chi connectivity index (χ0n) is 20.2. The number of carbonyl (C=O) groups is 2. The van der Waals surface area contributed by atoms with Crippen molar-refractivity contribution in [2.24, 2.45) is 0 Å². The predicted octanol–water partition coefficient (Wildman–Crippen LogP) is 2.26. The number of hydrogen-bond acceptors (Lipinski definition) is 6. The van der Waals surface area contributed by atoms with Crippen LogP contribution in [-0.4, -0.2) is 71.2 Å². The molecule has 0 spiro atoms. The van der Waals surface area contributed by atoms with E-state index in [9.17, 15) is 23.9 Å². The average Bonchev–Trinajstić information content (AvgIpc) is 2.84.